The zero-order valence-corrected chi connectivity index (χ0v) is 22.6. The van der Waals surface area contributed by atoms with Gasteiger partial charge in [0.25, 0.3) is 5.91 Å². The van der Waals surface area contributed by atoms with Gasteiger partial charge in [-0.2, -0.15) is 0 Å². The summed E-state index contributed by atoms with van der Waals surface area (Å²) in [5.74, 6) is 0.386. The molecule has 0 aliphatic heterocycles. The lowest BCUT2D eigenvalue weighted by Crippen LogP contribution is -2.24. The van der Waals surface area contributed by atoms with E-state index in [0.717, 1.165) is 18.2 Å². The molecule has 0 saturated carbocycles. The predicted octanol–water partition coefficient (Wildman–Crippen LogP) is 8.53. The van der Waals surface area contributed by atoms with E-state index < -0.39 is 0 Å². The third-order valence-electron chi connectivity index (χ3n) is 6.37. The van der Waals surface area contributed by atoms with Gasteiger partial charge in [0.05, 0.1) is 12.2 Å². The molecule has 2 rings (SSSR count). The Hall–Kier alpha value is -1.75. The molecule has 0 saturated heterocycles. The smallest absolute Gasteiger partial charge is 0.255 e. The number of nitrogens with one attached hydrogen (secondary N) is 1. The molecule has 0 spiro atoms. The van der Waals surface area contributed by atoms with E-state index in [1.54, 1.807) is 6.07 Å². The number of phenols is 1. The van der Waals surface area contributed by atoms with Gasteiger partial charge in [0, 0.05) is 22.6 Å². The van der Waals surface area contributed by atoms with Crippen LogP contribution in [0.4, 0.5) is 0 Å². The zero-order valence-electron chi connectivity index (χ0n) is 21.0. The van der Waals surface area contributed by atoms with Crippen molar-refractivity contribution in [2.24, 2.45) is 0 Å². The van der Waals surface area contributed by atoms with Gasteiger partial charge in [-0.15, -0.1) is 0 Å². The monoisotopic (exact) mass is 533 g/mol. The van der Waals surface area contributed by atoms with Gasteiger partial charge in [0.2, 0.25) is 0 Å². The van der Waals surface area contributed by atoms with Crippen LogP contribution in [-0.4, -0.2) is 29.5 Å². The molecule has 0 heterocycles. The first-order valence-electron chi connectivity index (χ1n) is 13.4. The molecule has 0 atom stereocenters. The summed E-state index contributed by atoms with van der Waals surface area (Å²) < 4.78 is 5.81. The van der Waals surface area contributed by atoms with Crippen molar-refractivity contribution in [3.8, 4) is 11.5 Å². The second kappa shape index (κ2) is 17.7. The summed E-state index contributed by atoms with van der Waals surface area (Å²) in [4.78, 5) is 12.7. The Labute approximate surface area is 215 Å². The molecule has 2 aromatic carbocycles. The van der Waals surface area contributed by atoms with Crippen molar-refractivity contribution in [1.82, 2.24) is 5.32 Å². The number of aromatic hydroxyl groups is 1. The molecule has 0 unspecified atom stereocenters. The Bertz CT molecular complexity index is 839. The highest BCUT2D eigenvalue weighted by Crippen LogP contribution is 2.36. The number of rotatable bonds is 19. The van der Waals surface area contributed by atoms with Crippen LogP contribution >= 0.6 is 15.9 Å². The van der Waals surface area contributed by atoms with Crippen molar-refractivity contribution >= 4 is 32.6 Å². The molecular formula is C29H44BrNO3. The first-order valence-corrected chi connectivity index (χ1v) is 14.5. The number of unbranched alkanes of at least 4 members (excludes halogenated alkanes) is 13. The van der Waals surface area contributed by atoms with E-state index in [9.17, 15) is 9.90 Å². The van der Waals surface area contributed by atoms with Gasteiger partial charge < -0.3 is 15.2 Å². The molecule has 5 heteroatoms. The first-order chi connectivity index (χ1) is 16.7. The fraction of sp³-hybridized carbons (Fsp3) is 0.621. The second-order valence-electron chi connectivity index (χ2n) is 9.21. The van der Waals surface area contributed by atoms with Gasteiger partial charge in [-0.3, -0.25) is 4.79 Å². The lowest BCUT2D eigenvalue weighted by atomic mass is 10.0. The van der Waals surface area contributed by atoms with Crippen LogP contribution in [0.5, 0.6) is 11.5 Å². The maximum absolute atomic E-state index is 12.7. The predicted molar refractivity (Wildman–Crippen MR) is 148 cm³/mol. The number of amides is 1. The number of phenolic OH excluding ortho intramolecular Hbond substituents is 1. The highest BCUT2D eigenvalue weighted by atomic mass is 79.9. The summed E-state index contributed by atoms with van der Waals surface area (Å²) in [6.45, 7) is 3.39. The Kier molecular flexibility index (Phi) is 14.8. The van der Waals surface area contributed by atoms with Crippen LogP contribution < -0.4 is 10.1 Å². The van der Waals surface area contributed by atoms with Crippen LogP contribution in [-0.2, 0) is 0 Å². The molecule has 0 fully saturated rings. The number of hydrogen-bond acceptors (Lipinski definition) is 3. The quantitative estimate of drug-likeness (QED) is 0.140. The normalized spacial score (nSPS) is 11.1. The van der Waals surface area contributed by atoms with Crippen molar-refractivity contribution in [3.05, 3.63) is 35.9 Å². The minimum atomic E-state index is -0.248. The molecule has 2 aromatic rings. The van der Waals surface area contributed by atoms with Crippen LogP contribution in [0.1, 0.15) is 107 Å². The highest BCUT2D eigenvalue weighted by molar-refractivity contribution is 9.09. The topological polar surface area (TPSA) is 58.6 Å². The summed E-state index contributed by atoms with van der Waals surface area (Å²) in [6.07, 6.45) is 18.4. The third kappa shape index (κ3) is 10.2. The maximum Gasteiger partial charge on any atom is 0.255 e. The number of hydrogen-bond donors (Lipinski definition) is 2. The average Bonchev–Trinajstić information content (AvgIpc) is 2.86. The molecule has 0 radical (unpaired) electrons. The maximum atomic E-state index is 12.7. The van der Waals surface area contributed by atoms with Gasteiger partial charge in [-0.05, 0) is 12.5 Å². The fourth-order valence-electron chi connectivity index (χ4n) is 4.38. The molecule has 190 valence electrons. The average molecular weight is 535 g/mol. The second-order valence-corrected chi connectivity index (χ2v) is 10.00. The lowest BCUT2D eigenvalue weighted by molar-refractivity contribution is 0.0950. The SMILES string of the molecule is CCCCCCCCCCCCCCCCNC(=O)c1cc(OCCBr)c2ccccc2c1O. The van der Waals surface area contributed by atoms with Gasteiger partial charge >= 0.3 is 0 Å². The largest absolute Gasteiger partial charge is 0.506 e. The zero-order chi connectivity index (χ0) is 24.4. The Morgan fingerprint density at radius 3 is 1.94 bits per heavy atom. The first kappa shape index (κ1) is 28.5. The highest BCUT2D eigenvalue weighted by Gasteiger charge is 2.17. The van der Waals surface area contributed by atoms with Crippen molar-refractivity contribution in [2.75, 3.05) is 18.5 Å². The summed E-state index contributed by atoms with van der Waals surface area (Å²) >= 11 is 3.37. The molecule has 4 nitrogen and oxygen atoms in total. The van der Waals surface area contributed by atoms with Crippen molar-refractivity contribution in [1.29, 1.82) is 0 Å². The van der Waals surface area contributed by atoms with Crippen molar-refractivity contribution < 1.29 is 14.6 Å². The van der Waals surface area contributed by atoms with E-state index >= 15 is 0 Å². The molecule has 2 N–H and O–H groups in total. The molecule has 0 bridgehead atoms. The van der Waals surface area contributed by atoms with Gasteiger partial charge in [0.1, 0.15) is 11.5 Å². The number of ether oxygens (including phenoxy) is 1. The number of alkyl halides is 1. The summed E-state index contributed by atoms with van der Waals surface area (Å²) in [5.41, 5.74) is 0.272. The van der Waals surface area contributed by atoms with Gasteiger partial charge in [-0.25, -0.2) is 0 Å². The van der Waals surface area contributed by atoms with E-state index in [-0.39, 0.29) is 17.2 Å². The molecule has 34 heavy (non-hydrogen) atoms. The van der Waals surface area contributed by atoms with Crippen LogP contribution in [0.15, 0.2) is 30.3 Å². The fourth-order valence-corrected chi connectivity index (χ4v) is 4.55. The number of carbonyl (C=O) groups is 1. The summed E-state index contributed by atoms with van der Waals surface area (Å²) in [7, 11) is 0. The van der Waals surface area contributed by atoms with Gasteiger partial charge in [-0.1, -0.05) is 131 Å². The minimum absolute atomic E-state index is 0.0141. The summed E-state index contributed by atoms with van der Waals surface area (Å²) in [5, 5.41) is 15.8. The van der Waals surface area contributed by atoms with Crippen molar-refractivity contribution in [3.63, 3.8) is 0 Å². The number of carbonyl (C=O) groups excluding carboxylic acids is 1. The minimum Gasteiger partial charge on any atom is -0.506 e. The van der Waals surface area contributed by atoms with E-state index in [2.05, 4.69) is 28.2 Å². The van der Waals surface area contributed by atoms with Crippen LogP contribution in [0.3, 0.4) is 0 Å². The third-order valence-corrected chi connectivity index (χ3v) is 6.70. The van der Waals surface area contributed by atoms with E-state index in [1.165, 1.54) is 77.0 Å². The number of fused-ring (bicyclic) bond motifs is 1. The van der Waals surface area contributed by atoms with Gasteiger partial charge in [0.15, 0.2) is 0 Å². The number of benzene rings is 2. The molecular weight excluding hydrogens is 490 g/mol. The van der Waals surface area contributed by atoms with E-state index in [4.69, 9.17) is 4.74 Å². The standard InChI is InChI=1S/C29H44BrNO3/c1-2-3-4-5-6-7-8-9-10-11-12-13-14-17-21-31-29(33)26-23-27(34-22-20-30)24-18-15-16-19-25(24)28(26)32/h15-16,18-19,23,32H,2-14,17,20-22H2,1H3,(H,31,33). The molecule has 0 aliphatic carbocycles. The van der Waals surface area contributed by atoms with E-state index in [0.29, 0.717) is 29.6 Å². The lowest BCUT2D eigenvalue weighted by Gasteiger charge is -2.14. The molecule has 0 aliphatic rings. The van der Waals surface area contributed by atoms with E-state index in [1.807, 2.05) is 24.3 Å². The number of halogens is 1. The van der Waals surface area contributed by atoms with Crippen LogP contribution in [0, 0.1) is 0 Å². The summed E-state index contributed by atoms with van der Waals surface area (Å²) in [6, 6.07) is 9.12. The van der Waals surface area contributed by atoms with Crippen LogP contribution in [0.2, 0.25) is 0 Å². The Morgan fingerprint density at radius 2 is 1.38 bits per heavy atom. The van der Waals surface area contributed by atoms with Crippen molar-refractivity contribution in [2.45, 2.75) is 96.8 Å². The Morgan fingerprint density at radius 1 is 0.853 bits per heavy atom. The Balaban J connectivity index is 1.61. The van der Waals surface area contributed by atoms with Crippen LogP contribution in [0.25, 0.3) is 10.8 Å². The molecule has 0 aromatic heterocycles. The molecule has 1 amide bonds.